The summed E-state index contributed by atoms with van der Waals surface area (Å²) in [5, 5.41) is 0. The zero-order valence-electron chi connectivity index (χ0n) is 14.5. The maximum Gasteiger partial charge on any atom is 0.391 e. The Hall–Kier alpha value is -2.84. The van der Waals surface area contributed by atoms with E-state index in [1.54, 1.807) is 6.07 Å². The number of piperazine rings is 1. The van der Waals surface area contributed by atoms with Crippen molar-refractivity contribution in [2.24, 2.45) is 0 Å². The van der Waals surface area contributed by atoms with Crippen molar-refractivity contribution in [1.82, 2.24) is 9.88 Å². The summed E-state index contributed by atoms with van der Waals surface area (Å²) in [4.78, 5) is 20.9. The third-order valence-electron chi connectivity index (χ3n) is 4.18. The van der Waals surface area contributed by atoms with Gasteiger partial charge in [0.05, 0.1) is 0 Å². The Morgan fingerprint density at radius 2 is 1.84 bits per heavy atom. The van der Waals surface area contributed by atoms with Gasteiger partial charge in [0.15, 0.2) is 0 Å². The van der Waals surface area contributed by atoms with Gasteiger partial charge in [-0.2, -0.15) is 4.98 Å². The van der Waals surface area contributed by atoms with E-state index in [9.17, 15) is 4.79 Å². The molecule has 1 aromatic heterocycles. The van der Waals surface area contributed by atoms with Crippen LogP contribution in [-0.2, 0) is 4.79 Å². The first-order valence-corrected chi connectivity index (χ1v) is 8.32. The lowest BCUT2D eigenvalue weighted by Gasteiger charge is -2.33. The van der Waals surface area contributed by atoms with Crippen LogP contribution >= 0.6 is 0 Å². The molecule has 0 spiro atoms. The van der Waals surface area contributed by atoms with E-state index in [2.05, 4.69) is 33.7 Å². The van der Waals surface area contributed by atoms with Gasteiger partial charge in [0, 0.05) is 43.7 Å². The summed E-state index contributed by atoms with van der Waals surface area (Å²) in [5.74, 6) is 5.87. The molecular formula is C20H21N3O2. The minimum Gasteiger partial charge on any atom is -0.398 e. The smallest absolute Gasteiger partial charge is 0.391 e. The van der Waals surface area contributed by atoms with Crippen LogP contribution in [0.15, 0.2) is 42.5 Å². The number of likely N-dealkylation sites (N-methyl/N-ethyl adjacent to an activating group) is 1. The van der Waals surface area contributed by atoms with Crippen LogP contribution < -0.4 is 9.64 Å². The van der Waals surface area contributed by atoms with Gasteiger partial charge in [0.2, 0.25) is 5.88 Å². The molecule has 0 saturated carbocycles. The molecular weight excluding hydrogens is 314 g/mol. The standard InChI is InChI=1S/C20H21N3O2/c1-16-6-3-4-7-17(16)10-11-20(24)25-19-9-5-8-18(21-19)23-14-12-22(2)13-15-23/h3-9H,12-15H2,1-2H3. The predicted molar refractivity (Wildman–Crippen MR) is 97.6 cm³/mol. The summed E-state index contributed by atoms with van der Waals surface area (Å²) in [5.41, 5.74) is 1.84. The van der Waals surface area contributed by atoms with Gasteiger partial charge >= 0.3 is 5.97 Å². The molecule has 128 valence electrons. The second kappa shape index (κ2) is 7.82. The van der Waals surface area contributed by atoms with Gasteiger partial charge in [-0.1, -0.05) is 30.2 Å². The van der Waals surface area contributed by atoms with E-state index >= 15 is 0 Å². The SMILES string of the molecule is Cc1ccccc1C#CC(=O)Oc1cccc(N2CCN(C)CC2)n1. The molecule has 0 radical (unpaired) electrons. The monoisotopic (exact) mass is 335 g/mol. The van der Waals surface area contributed by atoms with Crippen LogP contribution in [0.2, 0.25) is 0 Å². The fourth-order valence-corrected chi connectivity index (χ4v) is 2.62. The van der Waals surface area contributed by atoms with Gasteiger partial charge in [-0.05, 0) is 31.7 Å². The maximum atomic E-state index is 12.0. The Morgan fingerprint density at radius 1 is 1.08 bits per heavy atom. The van der Waals surface area contributed by atoms with E-state index in [4.69, 9.17) is 4.74 Å². The Kier molecular flexibility index (Phi) is 5.32. The highest BCUT2D eigenvalue weighted by Crippen LogP contribution is 2.17. The number of hydrogen-bond donors (Lipinski definition) is 0. The van der Waals surface area contributed by atoms with Crippen molar-refractivity contribution in [2.45, 2.75) is 6.92 Å². The largest absolute Gasteiger partial charge is 0.398 e. The molecule has 1 aliphatic rings. The number of anilines is 1. The second-order valence-electron chi connectivity index (χ2n) is 6.08. The van der Waals surface area contributed by atoms with E-state index in [1.807, 2.05) is 43.3 Å². The maximum absolute atomic E-state index is 12.0. The minimum atomic E-state index is -0.605. The summed E-state index contributed by atoms with van der Waals surface area (Å²) in [6.07, 6.45) is 0. The number of benzene rings is 1. The van der Waals surface area contributed by atoms with Gasteiger partial charge in [-0.15, -0.1) is 0 Å². The molecule has 2 heterocycles. The highest BCUT2D eigenvalue weighted by Gasteiger charge is 2.16. The van der Waals surface area contributed by atoms with E-state index < -0.39 is 5.97 Å². The normalized spacial score (nSPS) is 14.6. The fourth-order valence-electron chi connectivity index (χ4n) is 2.62. The lowest BCUT2D eigenvalue weighted by Crippen LogP contribution is -2.44. The Balaban J connectivity index is 1.66. The van der Waals surface area contributed by atoms with E-state index in [0.717, 1.165) is 43.1 Å². The van der Waals surface area contributed by atoms with Gasteiger partial charge < -0.3 is 14.5 Å². The predicted octanol–water partition coefficient (Wildman–Crippen LogP) is 2.10. The quantitative estimate of drug-likeness (QED) is 0.621. The second-order valence-corrected chi connectivity index (χ2v) is 6.08. The molecule has 5 heteroatoms. The topological polar surface area (TPSA) is 45.7 Å². The van der Waals surface area contributed by atoms with Crippen molar-refractivity contribution in [3.63, 3.8) is 0 Å². The number of carbonyl (C=O) groups excluding carboxylic acids is 1. The average Bonchev–Trinajstić information content (AvgIpc) is 2.62. The van der Waals surface area contributed by atoms with Gasteiger partial charge in [-0.3, -0.25) is 0 Å². The number of aryl methyl sites for hydroxylation is 1. The number of rotatable bonds is 2. The van der Waals surface area contributed by atoms with Crippen molar-refractivity contribution < 1.29 is 9.53 Å². The molecule has 0 N–H and O–H groups in total. The third kappa shape index (κ3) is 4.59. The van der Waals surface area contributed by atoms with E-state index in [0.29, 0.717) is 0 Å². The van der Waals surface area contributed by atoms with Gasteiger partial charge in [0.25, 0.3) is 0 Å². The molecule has 0 unspecified atom stereocenters. The summed E-state index contributed by atoms with van der Waals surface area (Å²) in [6.45, 7) is 5.76. The molecule has 0 aliphatic carbocycles. The summed E-state index contributed by atoms with van der Waals surface area (Å²) in [7, 11) is 2.11. The van der Waals surface area contributed by atoms with Crippen LogP contribution in [0, 0.1) is 18.8 Å². The Labute approximate surface area is 148 Å². The van der Waals surface area contributed by atoms with Crippen LogP contribution in [0.3, 0.4) is 0 Å². The first-order valence-electron chi connectivity index (χ1n) is 8.32. The molecule has 0 amide bonds. The van der Waals surface area contributed by atoms with Crippen LogP contribution in [0.5, 0.6) is 5.88 Å². The van der Waals surface area contributed by atoms with E-state index in [1.165, 1.54) is 0 Å². The molecule has 2 aromatic rings. The molecule has 0 atom stereocenters. The Morgan fingerprint density at radius 3 is 2.60 bits per heavy atom. The first-order chi connectivity index (χ1) is 12.1. The number of aromatic nitrogens is 1. The number of ether oxygens (including phenoxy) is 1. The van der Waals surface area contributed by atoms with Crippen molar-refractivity contribution in [3.05, 3.63) is 53.6 Å². The third-order valence-corrected chi connectivity index (χ3v) is 4.18. The Bertz CT molecular complexity index is 815. The van der Waals surface area contributed by atoms with Crippen molar-refractivity contribution >= 4 is 11.8 Å². The molecule has 25 heavy (non-hydrogen) atoms. The van der Waals surface area contributed by atoms with Crippen LogP contribution in [0.1, 0.15) is 11.1 Å². The van der Waals surface area contributed by atoms with Crippen LogP contribution in [-0.4, -0.2) is 49.1 Å². The molecule has 1 aromatic carbocycles. The van der Waals surface area contributed by atoms with Gasteiger partial charge in [0.1, 0.15) is 5.82 Å². The van der Waals surface area contributed by atoms with Crippen molar-refractivity contribution in [1.29, 1.82) is 0 Å². The summed E-state index contributed by atoms with van der Waals surface area (Å²) >= 11 is 0. The zero-order valence-corrected chi connectivity index (χ0v) is 14.5. The summed E-state index contributed by atoms with van der Waals surface area (Å²) < 4.78 is 5.27. The molecule has 1 aliphatic heterocycles. The zero-order chi connectivity index (χ0) is 17.6. The molecule has 1 saturated heterocycles. The first kappa shape index (κ1) is 17.0. The number of carbonyl (C=O) groups is 1. The lowest BCUT2D eigenvalue weighted by molar-refractivity contribution is -0.128. The van der Waals surface area contributed by atoms with Crippen molar-refractivity contribution in [2.75, 3.05) is 38.1 Å². The van der Waals surface area contributed by atoms with Crippen LogP contribution in [0.25, 0.3) is 0 Å². The number of esters is 1. The highest BCUT2D eigenvalue weighted by molar-refractivity contribution is 5.90. The fraction of sp³-hybridized carbons (Fsp3) is 0.300. The molecule has 3 rings (SSSR count). The van der Waals surface area contributed by atoms with E-state index in [-0.39, 0.29) is 5.88 Å². The average molecular weight is 335 g/mol. The molecule has 1 fully saturated rings. The molecule has 5 nitrogen and oxygen atoms in total. The number of nitrogens with zero attached hydrogens (tertiary/aromatic N) is 3. The highest BCUT2D eigenvalue weighted by atomic mass is 16.5. The van der Waals surface area contributed by atoms with Crippen LogP contribution in [0.4, 0.5) is 5.82 Å². The summed E-state index contributed by atoms with van der Waals surface area (Å²) in [6, 6.07) is 13.1. The van der Waals surface area contributed by atoms with Crippen molar-refractivity contribution in [3.8, 4) is 17.7 Å². The lowest BCUT2D eigenvalue weighted by atomic mass is 10.1. The minimum absolute atomic E-state index is 0.278. The number of pyridine rings is 1. The number of hydrogen-bond acceptors (Lipinski definition) is 5. The molecule has 0 bridgehead atoms. The van der Waals surface area contributed by atoms with Gasteiger partial charge in [-0.25, -0.2) is 4.79 Å².